The fraction of sp³-hybridized carbons (Fsp3) is 0.364. The Morgan fingerprint density at radius 3 is 2.72 bits per heavy atom. The molecule has 1 rings (SSSR count). The zero-order chi connectivity index (χ0) is 13.7. The molecule has 0 saturated heterocycles. The number of esters is 1. The maximum absolute atomic E-state index is 11.7. The van der Waals surface area contributed by atoms with Gasteiger partial charge in [0.2, 0.25) is 0 Å². The number of carbonyl (C=O) groups excluding carboxylic acids is 2. The largest absolute Gasteiger partial charge is 0.467 e. The number of aromatic amines is 1. The first-order valence-corrected chi connectivity index (χ1v) is 5.18. The van der Waals surface area contributed by atoms with Crippen molar-refractivity contribution >= 4 is 11.9 Å². The van der Waals surface area contributed by atoms with Crippen LogP contribution in [0.4, 0.5) is 0 Å². The average molecular weight is 254 g/mol. The van der Waals surface area contributed by atoms with E-state index < -0.39 is 30.0 Å². The standard InChI is InChI=1S/C11H14N2O5/c1-6-3-9(15)7(4-12-6)10(16)13-8(5-14)11(17)18-2/h3-4,8,14H,5H2,1-2H3,(H,12,15)(H,13,16). The lowest BCUT2D eigenvalue weighted by Gasteiger charge is -2.13. The zero-order valence-electron chi connectivity index (χ0n) is 10.0. The first kappa shape index (κ1) is 13.9. The van der Waals surface area contributed by atoms with Crippen molar-refractivity contribution in [1.29, 1.82) is 0 Å². The van der Waals surface area contributed by atoms with E-state index in [0.29, 0.717) is 5.69 Å². The molecule has 18 heavy (non-hydrogen) atoms. The van der Waals surface area contributed by atoms with Gasteiger partial charge in [0.1, 0.15) is 5.56 Å². The van der Waals surface area contributed by atoms with E-state index in [1.54, 1.807) is 6.92 Å². The Morgan fingerprint density at radius 1 is 1.56 bits per heavy atom. The van der Waals surface area contributed by atoms with Gasteiger partial charge in [0.15, 0.2) is 11.5 Å². The molecule has 1 atom stereocenters. The molecule has 0 radical (unpaired) electrons. The van der Waals surface area contributed by atoms with Crippen LogP contribution in [0.15, 0.2) is 17.1 Å². The highest BCUT2D eigenvalue weighted by Gasteiger charge is 2.22. The first-order valence-electron chi connectivity index (χ1n) is 5.18. The van der Waals surface area contributed by atoms with Crippen LogP contribution in [0.3, 0.4) is 0 Å². The monoisotopic (exact) mass is 254 g/mol. The minimum Gasteiger partial charge on any atom is -0.467 e. The quantitative estimate of drug-likeness (QED) is 0.594. The summed E-state index contributed by atoms with van der Waals surface area (Å²) in [5.41, 5.74) is 0.0106. The molecule has 0 bridgehead atoms. The lowest BCUT2D eigenvalue weighted by Crippen LogP contribution is -2.45. The van der Waals surface area contributed by atoms with Crippen molar-refractivity contribution in [2.24, 2.45) is 0 Å². The second kappa shape index (κ2) is 5.97. The van der Waals surface area contributed by atoms with E-state index in [9.17, 15) is 14.4 Å². The number of amides is 1. The molecule has 0 aliphatic heterocycles. The lowest BCUT2D eigenvalue weighted by atomic mass is 10.2. The van der Waals surface area contributed by atoms with E-state index in [0.717, 1.165) is 7.11 Å². The summed E-state index contributed by atoms with van der Waals surface area (Å²) in [4.78, 5) is 37.1. The SMILES string of the molecule is COC(=O)C(CO)NC(=O)c1c[nH]c(C)cc1=O. The van der Waals surface area contributed by atoms with Crippen molar-refractivity contribution in [2.75, 3.05) is 13.7 Å². The number of pyridine rings is 1. The fourth-order valence-electron chi connectivity index (χ4n) is 1.31. The molecule has 7 nitrogen and oxygen atoms in total. The molecule has 7 heteroatoms. The molecule has 0 aliphatic carbocycles. The number of aliphatic hydroxyl groups is 1. The van der Waals surface area contributed by atoms with Gasteiger partial charge in [0.05, 0.1) is 13.7 Å². The van der Waals surface area contributed by atoms with Crippen molar-refractivity contribution in [3.05, 3.63) is 33.7 Å². The Kier molecular flexibility index (Phi) is 4.61. The van der Waals surface area contributed by atoms with Crippen molar-refractivity contribution in [3.8, 4) is 0 Å². The molecule has 3 N–H and O–H groups in total. The van der Waals surface area contributed by atoms with Crippen LogP contribution in [0.2, 0.25) is 0 Å². The summed E-state index contributed by atoms with van der Waals surface area (Å²) in [6.45, 7) is 1.07. The summed E-state index contributed by atoms with van der Waals surface area (Å²) >= 11 is 0. The zero-order valence-corrected chi connectivity index (χ0v) is 10.0. The summed E-state index contributed by atoms with van der Waals surface area (Å²) < 4.78 is 4.39. The number of aliphatic hydroxyl groups excluding tert-OH is 1. The predicted molar refractivity (Wildman–Crippen MR) is 62.2 cm³/mol. The van der Waals surface area contributed by atoms with Crippen molar-refractivity contribution in [3.63, 3.8) is 0 Å². The van der Waals surface area contributed by atoms with Gasteiger partial charge in [-0.2, -0.15) is 0 Å². The summed E-state index contributed by atoms with van der Waals surface area (Å²) in [5.74, 6) is -1.53. The number of rotatable bonds is 4. The average Bonchev–Trinajstić information content (AvgIpc) is 2.34. The van der Waals surface area contributed by atoms with Crippen LogP contribution in [0.1, 0.15) is 16.1 Å². The summed E-state index contributed by atoms with van der Waals surface area (Å²) in [7, 11) is 1.13. The van der Waals surface area contributed by atoms with Gasteiger partial charge in [0, 0.05) is 18.0 Å². The number of nitrogens with one attached hydrogen (secondary N) is 2. The van der Waals surface area contributed by atoms with Crippen LogP contribution in [0.25, 0.3) is 0 Å². The number of carbonyl (C=O) groups is 2. The number of hydrogen-bond donors (Lipinski definition) is 3. The topological polar surface area (TPSA) is 108 Å². The summed E-state index contributed by atoms with van der Waals surface area (Å²) in [6.07, 6.45) is 1.25. The summed E-state index contributed by atoms with van der Waals surface area (Å²) in [5, 5.41) is 11.1. The van der Waals surface area contributed by atoms with Crippen LogP contribution in [0, 0.1) is 6.92 Å². The molecule has 0 fully saturated rings. The Morgan fingerprint density at radius 2 is 2.22 bits per heavy atom. The normalized spacial score (nSPS) is 11.7. The first-order chi connectivity index (χ1) is 8.49. The number of H-pyrrole nitrogens is 1. The van der Waals surface area contributed by atoms with Gasteiger partial charge >= 0.3 is 5.97 Å². The highest BCUT2D eigenvalue weighted by molar-refractivity contribution is 5.96. The molecule has 1 aromatic rings. The van der Waals surface area contributed by atoms with Gasteiger partial charge in [-0.1, -0.05) is 0 Å². The van der Waals surface area contributed by atoms with E-state index in [-0.39, 0.29) is 5.56 Å². The fourth-order valence-corrected chi connectivity index (χ4v) is 1.31. The maximum Gasteiger partial charge on any atom is 0.330 e. The second-order valence-corrected chi connectivity index (χ2v) is 3.63. The minimum atomic E-state index is -1.19. The third kappa shape index (κ3) is 3.17. The van der Waals surface area contributed by atoms with Crippen LogP contribution in [-0.2, 0) is 9.53 Å². The number of aryl methyl sites for hydroxylation is 1. The maximum atomic E-state index is 11.7. The van der Waals surface area contributed by atoms with E-state index in [1.807, 2.05) is 0 Å². The van der Waals surface area contributed by atoms with Gasteiger partial charge in [-0.3, -0.25) is 9.59 Å². The van der Waals surface area contributed by atoms with Crippen LogP contribution in [-0.4, -0.2) is 41.7 Å². The van der Waals surface area contributed by atoms with Gasteiger partial charge in [-0.05, 0) is 6.92 Å². The molecule has 1 unspecified atom stereocenters. The van der Waals surface area contributed by atoms with E-state index in [1.165, 1.54) is 12.3 Å². The van der Waals surface area contributed by atoms with E-state index in [2.05, 4.69) is 15.0 Å². The molecule has 1 amide bonds. The summed E-state index contributed by atoms with van der Waals surface area (Å²) in [6, 6.07) is 0.0734. The van der Waals surface area contributed by atoms with Gasteiger partial charge in [-0.25, -0.2) is 4.79 Å². The number of hydrogen-bond acceptors (Lipinski definition) is 5. The van der Waals surface area contributed by atoms with Gasteiger partial charge in [0.25, 0.3) is 5.91 Å². The third-order valence-corrected chi connectivity index (χ3v) is 2.28. The molecule has 98 valence electrons. The molecule has 1 aromatic heterocycles. The van der Waals surface area contributed by atoms with Crippen LogP contribution < -0.4 is 10.7 Å². The molecule has 0 saturated carbocycles. The van der Waals surface area contributed by atoms with E-state index in [4.69, 9.17) is 5.11 Å². The second-order valence-electron chi connectivity index (χ2n) is 3.63. The Hall–Kier alpha value is -2.15. The molecular weight excluding hydrogens is 240 g/mol. The Labute approximate surface area is 103 Å². The number of ether oxygens (including phenoxy) is 1. The lowest BCUT2D eigenvalue weighted by molar-refractivity contribution is -0.143. The van der Waals surface area contributed by atoms with Crippen LogP contribution in [0.5, 0.6) is 0 Å². The minimum absolute atomic E-state index is 0.136. The molecule has 0 aromatic carbocycles. The predicted octanol–water partition coefficient (Wildman–Crippen LogP) is -1.05. The third-order valence-electron chi connectivity index (χ3n) is 2.28. The van der Waals surface area contributed by atoms with Crippen LogP contribution >= 0.6 is 0 Å². The molecule has 0 aliphatic rings. The molecule has 0 spiro atoms. The number of methoxy groups -OCH3 is 1. The van der Waals surface area contributed by atoms with Crippen molar-refractivity contribution in [2.45, 2.75) is 13.0 Å². The van der Waals surface area contributed by atoms with Crippen molar-refractivity contribution < 1.29 is 19.4 Å². The number of aromatic nitrogens is 1. The highest BCUT2D eigenvalue weighted by atomic mass is 16.5. The highest BCUT2D eigenvalue weighted by Crippen LogP contribution is 1.95. The smallest absolute Gasteiger partial charge is 0.330 e. The van der Waals surface area contributed by atoms with Gasteiger partial charge < -0.3 is 20.1 Å². The van der Waals surface area contributed by atoms with Crippen molar-refractivity contribution in [1.82, 2.24) is 10.3 Å². The molecular formula is C11H14N2O5. The van der Waals surface area contributed by atoms with E-state index >= 15 is 0 Å². The Balaban J connectivity index is 2.88. The Bertz CT molecular complexity index is 508. The molecule has 1 heterocycles. The van der Waals surface area contributed by atoms with Gasteiger partial charge in [-0.15, -0.1) is 0 Å².